The molecule has 0 bridgehead atoms. The Hall–Kier alpha value is -2.56. The molecular weight excluding hydrogens is 536 g/mol. The van der Waals surface area contributed by atoms with Crippen LogP contribution in [0.1, 0.15) is 71.1 Å². The largest absolute Gasteiger partial charge is 0.494 e. The van der Waals surface area contributed by atoms with Crippen molar-refractivity contribution in [3.63, 3.8) is 0 Å². The van der Waals surface area contributed by atoms with E-state index < -0.39 is 6.10 Å². The first-order valence-electron chi connectivity index (χ1n) is 15.6. The molecular formula is C33H52N2O7. The second-order valence-electron chi connectivity index (χ2n) is 10.2. The average molecular weight is 589 g/mol. The van der Waals surface area contributed by atoms with Crippen molar-refractivity contribution in [1.29, 1.82) is 0 Å². The molecule has 1 unspecified atom stereocenters. The maximum Gasteiger partial charge on any atom is 0.119 e. The quantitative estimate of drug-likeness (QED) is 0.0840. The zero-order valence-electron chi connectivity index (χ0n) is 25.5. The number of azo groups is 1. The molecule has 42 heavy (non-hydrogen) atoms. The molecule has 2 N–H and O–H groups in total. The zero-order chi connectivity index (χ0) is 29.9. The molecule has 0 aliphatic rings. The Morgan fingerprint density at radius 2 is 0.976 bits per heavy atom. The van der Waals surface area contributed by atoms with E-state index in [1.807, 2.05) is 48.5 Å². The lowest BCUT2D eigenvalue weighted by Gasteiger charge is -2.09. The van der Waals surface area contributed by atoms with E-state index in [-0.39, 0.29) is 13.2 Å². The lowest BCUT2D eigenvalue weighted by atomic mass is 10.1. The van der Waals surface area contributed by atoms with Gasteiger partial charge in [0.05, 0.1) is 64.2 Å². The van der Waals surface area contributed by atoms with Crippen LogP contribution in [0.4, 0.5) is 11.4 Å². The molecule has 0 amide bonds. The van der Waals surface area contributed by atoms with Crippen LogP contribution in [-0.4, -0.2) is 75.8 Å². The third kappa shape index (κ3) is 18.8. The molecule has 2 aromatic rings. The summed E-state index contributed by atoms with van der Waals surface area (Å²) in [5.41, 5.74) is 1.52. The van der Waals surface area contributed by atoms with Crippen LogP contribution >= 0.6 is 0 Å². The Morgan fingerprint density at radius 3 is 1.48 bits per heavy atom. The van der Waals surface area contributed by atoms with Gasteiger partial charge in [0, 0.05) is 0 Å². The molecule has 0 aliphatic carbocycles. The van der Waals surface area contributed by atoms with E-state index in [1.165, 1.54) is 57.8 Å². The molecule has 1 atom stereocenters. The van der Waals surface area contributed by atoms with Gasteiger partial charge in [0.15, 0.2) is 0 Å². The van der Waals surface area contributed by atoms with Crippen LogP contribution in [0.25, 0.3) is 0 Å². The van der Waals surface area contributed by atoms with Gasteiger partial charge in [-0.1, -0.05) is 64.7 Å². The summed E-state index contributed by atoms with van der Waals surface area (Å²) in [6.45, 7) is 5.34. The number of aliphatic hydroxyl groups is 2. The zero-order valence-corrected chi connectivity index (χ0v) is 25.5. The van der Waals surface area contributed by atoms with Gasteiger partial charge in [-0.3, -0.25) is 0 Å². The Kier molecular flexibility index (Phi) is 21.2. The number of aliphatic hydroxyl groups excluding tert-OH is 2. The van der Waals surface area contributed by atoms with Crippen LogP contribution < -0.4 is 9.47 Å². The fourth-order valence-electron chi connectivity index (χ4n) is 4.04. The Morgan fingerprint density at radius 1 is 0.548 bits per heavy atom. The molecule has 9 nitrogen and oxygen atoms in total. The van der Waals surface area contributed by atoms with Crippen molar-refractivity contribution in [3.8, 4) is 11.5 Å². The summed E-state index contributed by atoms with van der Waals surface area (Å²) in [7, 11) is 0. The van der Waals surface area contributed by atoms with Gasteiger partial charge in [-0.2, -0.15) is 10.2 Å². The van der Waals surface area contributed by atoms with Gasteiger partial charge < -0.3 is 33.9 Å². The molecule has 0 fully saturated rings. The van der Waals surface area contributed by atoms with Crippen LogP contribution in [0, 0.1) is 0 Å². The van der Waals surface area contributed by atoms with Crippen LogP contribution in [0.3, 0.4) is 0 Å². The summed E-state index contributed by atoms with van der Waals surface area (Å²) in [4.78, 5) is 0. The van der Waals surface area contributed by atoms with Crippen LogP contribution in [0.2, 0.25) is 0 Å². The van der Waals surface area contributed by atoms with Crippen molar-refractivity contribution in [1.82, 2.24) is 0 Å². The molecule has 0 saturated heterocycles. The van der Waals surface area contributed by atoms with Gasteiger partial charge in [-0.15, -0.1) is 0 Å². The SMILES string of the molecule is CCCCCCCCCCCCOc1ccc(N=Nc2ccc(OCCOCCOCCOCC(O)CO)cc2)cc1. The van der Waals surface area contributed by atoms with Crippen molar-refractivity contribution in [2.24, 2.45) is 10.2 Å². The minimum Gasteiger partial charge on any atom is -0.494 e. The maximum absolute atomic E-state index is 9.15. The third-order valence-corrected chi connectivity index (χ3v) is 6.48. The van der Waals surface area contributed by atoms with Gasteiger partial charge in [0.25, 0.3) is 0 Å². The minimum atomic E-state index is -0.846. The number of hydrogen-bond acceptors (Lipinski definition) is 9. The number of ether oxygens (including phenoxy) is 5. The summed E-state index contributed by atoms with van der Waals surface area (Å²) >= 11 is 0. The fraction of sp³-hybridized carbons (Fsp3) is 0.636. The summed E-state index contributed by atoms with van der Waals surface area (Å²) in [6.07, 6.45) is 12.3. The normalized spacial score (nSPS) is 12.2. The van der Waals surface area contributed by atoms with Crippen molar-refractivity contribution in [2.45, 2.75) is 77.2 Å². The first-order chi connectivity index (χ1) is 20.7. The summed E-state index contributed by atoms with van der Waals surface area (Å²) in [5, 5.41) is 26.5. The number of rotatable bonds is 27. The van der Waals surface area contributed by atoms with Crippen LogP contribution in [0.5, 0.6) is 11.5 Å². The Bertz CT molecular complexity index is 910. The smallest absolute Gasteiger partial charge is 0.119 e. The van der Waals surface area contributed by atoms with Gasteiger partial charge in [-0.05, 0) is 55.0 Å². The van der Waals surface area contributed by atoms with Gasteiger partial charge in [-0.25, -0.2) is 0 Å². The van der Waals surface area contributed by atoms with E-state index in [0.717, 1.165) is 35.9 Å². The first-order valence-corrected chi connectivity index (χ1v) is 15.6. The third-order valence-electron chi connectivity index (χ3n) is 6.48. The van der Waals surface area contributed by atoms with E-state index in [9.17, 15) is 0 Å². The molecule has 0 spiro atoms. The lowest BCUT2D eigenvalue weighted by Crippen LogP contribution is -2.21. The number of nitrogens with zero attached hydrogens (tertiary/aromatic N) is 2. The Balaban J connectivity index is 1.48. The molecule has 9 heteroatoms. The number of benzene rings is 2. The number of unbranched alkanes of at least 4 members (excludes halogenated alkanes) is 9. The van der Waals surface area contributed by atoms with Crippen LogP contribution in [0.15, 0.2) is 58.8 Å². The maximum atomic E-state index is 9.15. The average Bonchev–Trinajstić information content (AvgIpc) is 3.02. The predicted molar refractivity (Wildman–Crippen MR) is 165 cm³/mol. The molecule has 0 radical (unpaired) electrons. The standard InChI is InChI=1S/C33H52N2O7/c1-2-3-4-5-6-7-8-9-10-11-20-41-32-16-12-29(13-17-32)34-35-30-14-18-33(19-15-30)42-26-25-39-22-21-38-23-24-40-28-31(37)27-36/h12-19,31,36-37H,2-11,20-28H2,1H3. The highest BCUT2D eigenvalue weighted by molar-refractivity contribution is 5.44. The molecule has 0 aromatic heterocycles. The lowest BCUT2D eigenvalue weighted by molar-refractivity contribution is -0.0240. The van der Waals surface area contributed by atoms with E-state index in [1.54, 1.807) is 0 Å². The summed E-state index contributed by atoms with van der Waals surface area (Å²) in [6, 6.07) is 15.1. The molecule has 0 aliphatic heterocycles. The van der Waals surface area contributed by atoms with Gasteiger partial charge >= 0.3 is 0 Å². The van der Waals surface area contributed by atoms with Gasteiger partial charge in [0.1, 0.15) is 24.2 Å². The highest BCUT2D eigenvalue weighted by Crippen LogP contribution is 2.23. The predicted octanol–water partition coefficient (Wildman–Crippen LogP) is 7.18. The molecule has 236 valence electrons. The monoisotopic (exact) mass is 588 g/mol. The summed E-state index contributed by atoms with van der Waals surface area (Å²) < 4.78 is 27.6. The second kappa shape index (κ2) is 25.0. The second-order valence-corrected chi connectivity index (χ2v) is 10.2. The van der Waals surface area contributed by atoms with Crippen molar-refractivity contribution in [2.75, 3.05) is 59.5 Å². The van der Waals surface area contributed by atoms with E-state index >= 15 is 0 Å². The fourth-order valence-corrected chi connectivity index (χ4v) is 4.04. The molecule has 0 saturated carbocycles. The topological polar surface area (TPSA) is 111 Å². The van der Waals surface area contributed by atoms with E-state index in [4.69, 9.17) is 33.9 Å². The van der Waals surface area contributed by atoms with E-state index in [0.29, 0.717) is 39.6 Å². The van der Waals surface area contributed by atoms with Crippen molar-refractivity contribution < 1.29 is 33.9 Å². The Labute approximate surface area is 252 Å². The molecule has 2 rings (SSSR count). The van der Waals surface area contributed by atoms with Crippen molar-refractivity contribution in [3.05, 3.63) is 48.5 Å². The summed E-state index contributed by atoms with van der Waals surface area (Å²) in [5.74, 6) is 1.60. The van der Waals surface area contributed by atoms with Crippen LogP contribution in [-0.2, 0) is 14.2 Å². The highest BCUT2D eigenvalue weighted by atomic mass is 16.6. The van der Waals surface area contributed by atoms with E-state index in [2.05, 4.69) is 17.2 Å². The minimum absolute atomic E-state index is 0.0979. The van der Waals surface area contributed by atoms with Gasteiger partial charge in [0.2, 0.25) is 0 Å². The molecule has 0 heterocycles. The molecule has 2 aromatic carbocycles. The van der Waals surface area contributed by atoms with Crippen molar-refractivity contribution >= 4 is 11.4 Å². The first kappa shape index (κ1) is 35.6. The number of hydrogen-bond donors (Lipinski definition) is 2. The highest BCUT2D eigenvalue weighted by Gasteiger charge is 2.01.